The van der Waals surface area contributed by atoms with E-state index in [2.05, 4.69) is 9.55 Å². The number of nitrogens with one attached hydrogen (secondary N) is 1. The van der Waals surface area contributed by atoms with E-state index in [1.54, 1.807) is 0 Å². The SMILES string of the molecule is CN(C)COc1cccc2c3[nH]c(=O)c4ccccc4c3n(C)c12. The van der Waals surface area contributed by atoms with Crippen molar-refractivity contribution in [3.63, 3.8) is 0 Å². The van der Waals surface area contributed by atoms with Gasteiger partial charge in [0, 0.05) is 23.2 Å². The molecule has 1 N–H and O–H groups in total. The Morgan fingerprint density at radius 3 is 2.46 bits per heavy atom. The van der Waals surface area contributed by atoms with Crippen LogP contribution in [0.3, 0.4) is 0 Å². The van der Waals surface area contributed by atoms with Crippen molar-refractivity contribution in [1.82, 2.24) is 14.5 Å². The predicted molar refractivity (Wildman–Crippen MR) is 97.7 cm³/mol. The molecule has 0 aliphatic carbocycles. The van der Waals surface area contributed by atoms with E-state index in [9.17, 15) is 4.79 Å². The second-order valence-electron chi connectivity index (χ2n) is 6.29. The van der Waals surface area contributed by atoms with Gasteiger partial charge in [-0.1, -0.05) is 30.3 Å². The van der Waals surface area contributed by atoms with Gasteiger partial charge in [0.15, 0.2) is 0 Å². The van der Waals surface area contributed by atoms with E-state index in [0.29, 0.717) is 12.1 Å². The first-order valence-corrected chi connectivity index (χ1v) is 7.87. The highest BCUT2D eigenvalue weighted by atomic mass is 16.5. The van der Waals surface area contributed by atoms with Crippen LogP contribution in [-0.2, 0) is 7.05 Å². The molecule has 0 aliphatic rings. The number of ether oxygens (including phenoxy) is 1. The van der Waals surface area contributed by atoms with Crippen molar-refractivity contribution >= 4 is 32.7 Å². The summed E-state index contributed by atoms with van der Waals surface area (Å²) >= 11 is 0. The Hall–Kier alpha value is -2.79. The molecule has 0 radical (unpaired) electrons. The fourth-order valence-corrected chi connectivity index (χ4v) is 3.30. The zero-order valence-corrected chi connectivity index (χ0v) is 14.0. The third-order valence-corrected chi connectivity index (χ3v) is 4.32. The molecule has 4 rings (SSSR count). The van der Waals surface area contributed by atoms with Gasteiger partial charge in [-0.15, -0.1) is 0 Å². The summed E-state index contributed by atoms with van der Waals surface area (Å²) in [5, 5.41) is 2.65. The molecule has 5 heteroatoms. The van der Waals surface area contributed by atoms with Gasteiger partial charge in [0.25, 0.3) is 5.56 Å². The van der Waals surface area contributed by atoms with E-state index in [4.69, 9.17) is 4.74 Å². The third kappa shape index (κ3) is 2.09. The van der Waals surface area contributed by atoms with Crippen molar-refractivity contribution < 1.29 is 4.74 Å². The van der Waals surface area contributed by atoms with Gasteiger partial charge in [-0.25, -0.2) is 0 Å². The van der Waals surface area contributed by atoms with E-state index in [1.165, 1.54) is 0 Å². The minimum atomic E-state index is -0.0646. The van der Waals surface area contributed by atoms with Gasteiger partial charge in [0.1, 0.15) is 12.5 Å². The molecule has 2 aromatic carbocycles. The highest BCUT2D eigenvalue weighted by Gasteiger charge is 2.16. The molecule has 5 nitrogen and oxygen atoms in total. The second kappa shape index (κ2) is 5.39. The van der Waals surface area contributed by atoms with E-state index in [0.717, 1.165) is 33.1 Å². The fraction of sp³-hybridized carbons (Fsp3) is 0.211. The Morgan fingerprint density at radius 1 is 1.00 bits per heavy atom. The smallest absolute Gasteiger partial charge is 0.256 e. The van der Waals surface area contributed by atoms with E-state index < -0.39 is 0 Å². The molecule has 2 heterocycles. The summed E-state index contributed by atoms with van der Waals surface area (Å²) in [5.74, 6) is 0.810. The Kier molecular flexibility index (Phi) is 3.32. The summed E-state index contributed by atoms with van der Waals surface area (Å²) in [6.45, 7) is 0.498. The predicted octanol–water partition coefficient (Wildman–Crippen LogP) is 3.07. The molecule has 0 atom stereocenters. The first-order chi connectivity index (χ1) is 11.6. The monoisotopic (exact) mass is 321 g/mol. The summed E-state index contributed by atoms with van der Waals surface area (Å²) in [6, 6.07) is 13.6. The lowest BCUT2D eigenvalue weighted by atomic mass is 10.1. The molecule has 2 aromatic heterocycles. The molecular weight excluding hydrogens is 302 g/mol. The minimum Gasteiger partial charge on any atom is -0.476 e. The number of H-pyrrole nitrogens is 1. The van der Waals surface area contributed by atoms with Crippen LogP contribution in [0, 0.1) is 0 Å². The molecule has 0 saturated carbocycles. The number of nitrogens with zero attached hydrogens (tertiary/aromatic N) is 2. The summed E-state index contributed by atoms with van der Waals surface area (Å²) in [6.07, 6.45) is 0. The van der Waals surface area contributed by atoms with Crippen LogP contribution in [0.2, 0.25) is 0 Å². The summed E-state index contributed by atoms with van der Waals surface area (Å²) in [5.41, 5.74) is 2.79. The zero-order valence-electron chi connectivity index (χ0n) is 14.0. The Balaban J connectivity index is 2.13. The Bertz CT molecular complexity index is 1120. The molecule has 0 amide bonds. The number of aromatic nitrogens is 2. The second-order valence-corrected chi connectivity index (χ2v) is 6.29. The molecule has 0 fully saturated rings. The molecule has 0 aliphatic heterocycles. The number of hydrogen-bond donors (Lipinski definition) is 1. The maximum Gasteiger partial charge on any atom is 0.256 e. The Morgan fingerprint density at radius 2 is 1.71 bits per heavy atom. The van der Waals surface area contributed by atoms with E-state index in [1.807, 2.05) is 68.5 Å². The van der Waals surface area contributed by atoms with Gasteiger partial charge in [0.05, 0.1) is 16.6 Å². The zero-order chi connectivity index (χ0) is 16.8. The minimum absolute atomic E-state index is 0.0646. The number of benzene rings is 2. The third-order valence-electron chi connectivity index (χ3n) is 4.32. The number of aromatic amines is 1. The summed E-state index contributed by atoms with van der Waals surface area (Å²) in [7, 11) is 5.94. The normalized spacial score (nSPS) is 11.8. The van der Waals surface area contributed by atoms with Crippen molar-refractivity contribution in [3.05, 3.63) is 52.8 Å². The number of pyridine rings is 1. The van der Waals surface area contributed by atoms with Crippen LogP contribution in [-0.4, -0.2) is 35.3 Å². The molecule has 122 valence electrons. The van der Waals surface area contributed by atoms with Crippen molar-refractivity contribution in [2.45, 2.75) is 0 Å². The average Bonchev–Trinajstić information content (AvgIpc) is 2.86. The van der Waals surface area contributed by atoms with Gasteiger partial charge in [-0.05, 0) is 26.2 Å². The van der Waals surface area contributed by atoms with Crippen LogP contribution in [0.1, 0.15) is 0 Å². The van der Waals surface area contributed by atoms with Crippen LogP contribution in [0.25, 0.3) is 32.7 Å². The molecular formula is C19H19N3O2. The number of aryl methyl sites for hydroxylation is 1. The largest absolute Gasteiger partial charge is 0.476 e. The molecule has 0 saturated heterocycles. The molecule has 0 unspecified atom stereocenters. The number of rotatable bonds is 3. The van der Waals surface area contributed by atoms with Crippen LogP contribution in [0.15, 0.2) is 47.3 Å². The van der Waals surface area contributed by atoms with Gasteiger partial charge < -0.3 is 14.3 Å². The highest BCUT2D eigenvalue weighted by molar-refractivity contribution is 6.16. The lowest BCUT2D eigenvalue weighted by molar-refractivity contribution is 0.181. The van der Waals surface area contributed by atoms with Crippen LogP contribution in [0.4, 0.5) is 0 Å². The highest BCUT2D eigenvalue weighted by Crippen LogP contribution is 2.35. The molecule has 0 bridgehead atoms. The quantitative estimate of drug-likeness (QED) is 0.590. The van der Waals surface area contributed by atoms with Gasteiger partial charge in [-0.3, -0.25) is 9.69 Å². The number of hydrogen-bond acceptors (Lipinski definition) is 3. The fourth-order valence-electron chi connectivity index (χ4n) is 3.30. The lowest BCUT2D eigenvalue weighted by Gasteiger charge is -2.13. The number of para-hydroxylation sites is 1. The van der Waals surface area contributed by atoms with Gasteiger partial charge >= 0.3 is 0 Å². The lowest BCUT2D eigenvalue weighted by Crippen LogP contribution is -2.18. The van der Waals surface area contributed by atoms with Gasteiger partial charge in [0.2, 0.25) is 0 Å². The molecule has 4 aromatic rings. The maximum absolute atomic E-state index is 12.4. The molecule has 24 heavy (non-hydrogen) atoms. The van der Waals surface area contributed by atoms with Crippen molar-refractivity contribution in [1.29, 1.82) is 0 Å². The number of fused-ring (bicyclic) bond motifs is 5. The molecule has 0 spiro atoms. The van der Waals surface area contributed by atoms with E-state index in [-0.39, 0.29) is 5.56 Å². The first kappa shape index (κ1) is 14.8. The van der Waals surface area contributed by atoms with Gasteiger partial charge in [-0.2, -0.15) is 0 Å². The Labute approximate surface area is 139 Å². The summed E-state index contributed by atoms with van der Waals surface area (Å²) < 4.78 is 8.05. The van der Waals surface area contributed by atoms with Crippen molar-refractivity contribution in [2.75, 3.05) is 20.8 Å². The van der Waals surface area contributed by atoms with Crippen molar-refractivity contribution in [2.24, 2.45) is 7.05 Å². The topological polar surface area (TPSA) is 50.3 Å². The van der Waals surface area contributed by atoms with Crippen LogP contribution in [0.5, 0.6) is 5.75 Å². The summed E-state index contributed by atoms with van der Waals surface area (Å²) in [4.78, 5) is 17.5. The maximum atomic E-state index is 12.4. The average molecular weight is 321 g/mol. The van der Waals surface area contributed by atoms with E-state index >= 15 is 0 Å². The standard InChI is InChI=1S/C19H19N3O2/c1-21(2)11-24-15-10-6-9-14-16-18(22(3)17(14)15)12-7-4-5-8-13(12)19(23)20-16/h4-10H,11H2,1-3H3,(H,20,23). The van der Waals surface area contributed by atoms with Crippen LogP contribution >= 0.6 is 0 Å². The van der Waals surface area contributed by atoms with Crippen molar-refractivity contribution in [3.8, 4) is 5.75 Å². The van der Waals surface area contributed by atoms with Crippen LogP contribution < -0.4 is 10.3 Å². The first-order valence-electron chi connectivity index (χ1n) is 7.87.